The Morgan fingerprint density at radius 3 is 2.36 bits per heavy atom. The van der Waals surface area contributed by atoms with Crippen LogP contribution in [0.4, 0.5) is 0 Å². The first kappa shape index (κ1) is 18.7. The average Bonchev–Trinajstić information content (AvgIpc) is 2.56. The quantitative estimate of drug-likeness (QED) is 0.452. The zero-order chi connectivity index (χ0) is 16.2. The SMILES string of the molecule is CCCCC(C(=O)OCCCN(CC)CC)c1ccccc1. The standard InChI is InChI=1S/C19H31NO2/c1-4-7-14-18(17-12-9-8-10-13-17)19(21)22-16-11-15-20(5-2)6-3/h8-10,12-13,18H,4-7,11,14-16H2,1-3H3. The Hall–Kier alpha value is -1.35. The molecule has 0 aliphatic rings. The minimum absolute atomic E-state index is 0.0702. The molecule has 0 fully saturated rings. The minimum atomic E-state index is -0.116. The van der Waals surface area contributed by atoms with Gasteiger partial charge in [-0.2, -0.15) is 0 Å². The Labute approximate surface area is 135 Å². The van der Waals surface area contributed by atoms with Gasteiger partial charge in [-0.05, 0) is 31.5 Å². The summed E-state index contributed by atoms with van der Waals surface area (Å²) in [7, 11) is 0. The van der Waals surface area contributed by atoms with Crippen LogP contribution in [0.25, 0.3) is 0 Å². The number of esters is 1. The van der Waals surface area contributed by atoms with Crippen molar-refractivity contribution in [2.45, 2.75) is 52.4 Å². The molecule has 1 rings (SSSR count). The van der Waals surface area contributed by atoms with Gasteiger partial charge in [0, 0.05) is 6.54 Å². The molecule has 22 heavy (non-hydrogen) atoms. The third-order valence-corrected chi connectivity index (χ3v) is 4.09. The van der Waals surface area contributed by atoms with Crippen molar-refractivity contribution in [1.82, 2.24) is 4.90 Å². The zero-order valence-electron chi connectivity index (χ0n) is 14.4. The van der Waals surface area contributed by atoms with Gasteiger partial charge in [-0.15, -0.1) is 0 Å². The summed E-state index contributed by atoms with van der Waals surface area (Å²) in [6.45, 7) is 10.1. The number of hydrogen-bond donors (Lipinski definition) is 0. The number of carbonyl (C=O) groups excluding carboxylic acids is 1. The van der Waals surface area contributed by atoms with Crippen LogP contribution in [0.5, 0.6) is 0 Å². The molecule has 0 aliphatic heterocycles. The van der Waals surface area contributed by atoms with Crippen LogP contribution in [0.1, 0.15) is 57.9 Å². The van der Waals surface area contributed by atoms with E-state index >= 15 is 0 Å². The van der Waals surface area contributed by atoms with Gasteiger partial charge < -0.3 is 9.64 Å². The molecular weight excluding hydrogens is 274 g/mol. The fourth-order valence-electron chi connectivity index (χ4n) is 2.62. The molecule has 0 amide bonds. The molecule has 3 heteroatoms. The maximum atomic E-state index is 12.4. The van der Waals surface area contributed by atoms with Crippen LogP contribution in [0.2, 0.25) is 0 Å². The van der Waals surface area contributed by atoms with Gasteiger partial charge in [0.2, 0.25) is 0 Å². The Bertz CT molecular complexity index is 401. The molecule has 1 aromatic rings. The van der Waals surface area contributed by atoms with Gasteiger partial charge in [-0.25, -0.2) is 0 Å². The molecule has 0 bridgehead atoms. The van der Waals surface area contributed by atoms with E-state index in [2.05, 4.69) is 25.7 Å². The van der Waals surface area contributed by atoms with E-state index < -0.39 is 0 Å². The van der Waals surface area contributed by atoms with Gasteiger partial charge >= 0.3 is 5.97 Å². The van der Waals surface area contributed by atoms with Gasteiger partial charge in [0.05, 0.1) is 12.5 Å². The molecule has 3 nitrogen and oxygen atoms in total. The van der Waals surface area contributed by atoms with Crippen LogP contribution in [0.15, 0.2) is 30.3 Å². The van der Waals surface area contributed by atoms with E-state index in [-0.39, 0.29) is 11.9 Å². The van der Waals surface area contributed by atoms with Crippen LogP contribution in [-0.2, 0) is 9.53 Å². The number of carbonyl (C=O) groups is 1. The Morgan fingerprint density at radius 1 is 1.09 bits per heavy atom. The number of unbranched alkanes of at least 4 members (excludes halogenated alkanes) is 1. The lowest BCUT2D eigenvalue weighted by atomic mass is 9.94. The third-order valence-electron chi connectivity index (χ3n) is 4.09. The Morgan fingerprint density at radius 2 is 1.77 bits per heavy atom. The van der Waals surface area contributed by atoms with E-state index in [1.807, 2.05) is 30.3 Å². The highest BCUT2D eigenvalue weighted by atomic mass is 16.5. The summed E-state index contributed by atoms with van der Waals surface area (Å²) in [5, 5.41) is 0. The summed E-state index contributed by atoms with van der Waals surface area (Å²) in [6, 6.07) is 10.0. The molecule has 1 atom stereocenters. The van der Waals surface area contributed by atoms with Crippen LogP contribution >= 0.6 is 0 Å². The molecule has 0 aliphatic carbocycles. The van der Waals surface area contributed by atoms with Crippen molar-refractivity contribution in [1.29, 1.82) is 0 Å². The van der Waals surface area contributed by atoms with Crippen molar-refractivity contribution in [2.75, 3.05) is 26.2 Å². The summed E-state index contributed by atoms with van der Waals surface area (Å²) < 4.78 is 5.53. The summed E-state index contributed by atoms with van der Waals surface area (Å²) >= 11 is 0. The van der Waals surface area contributed by atoms with Gasteiger partial charge in [0.25, 0.3) is 0 Å². The van der Waals surface area contributed by atoms with Crippen molar-refractivity contribution >= 4 is 5.97 Å². The molecule has 0 saturated heterocycles. The zero-order valence-corrected chi connectivity index (χ0v) is 14.4. The highest BCUT2D eigenvalue weighted by Crippen LogP contribution is 2.23. The summed E-state index contributed by atoms with van der Waals surface area (Å²) in [4.78, 5) is 14.7. The van der Waals surface area contributed by atoms with Crippen molar-refractivity contribution in [2.24, 2.45) is 0 Å². The number of nitrogens with zero attached hydrogens (tertiary/aromatic N) is 1. The normalized spacial score (nSPS) is 12.4. The molecular formula is C19H31NO2. The molecule has 0 aromatic heterocycles. The second kappa shape index (κ2) is 11.2. The third kappa shape index (κ3) is 6.61. The van der Waals surface area contributed by atoms with Gasteiger partial charge in [-0.1, -0.05) is 63.9 Å². The van der Waals surface area contributed by atoms with E-state index in [9.17, 15) is 4.79 Å². The largest absolute Gasteiger partial charge is 0.465 e. The van der Waals surface area contributed by atoms with Gasteiger partial charge in [-0.3, -0.25) is 4.79 Å². The molecule has 1 unspecified atom stereocenters. The monoisotopic (exact) mass is 305 g/mol. The smallest absolute Gasteiger partial charge is 0.313 e. The van der Waals surface area contributed by atoms with Crippen LogP contribution in [-0.4, -0.2) is 37.1 Å². The first-order chi connectivity index (χ1) is 10.7. The fourth-order valence-corrected chi connectivity index (χ4v) is 2.62. The molecule has 0 heterocycles. The van der Waals surface area contributed by atoms with Crippen LogP contribution in [0, 0.1) is 0 Å². The maximum absolute atomic E-state index is 12.4. The topological polar surface area (TPSA) is 29.5 Å². The van der Waals surface area contributed by atoms with E-state index in [1.54, 1.807) is 0 Å². The fraction of sp³-hybridized carbons (Fsp3) is 0.632. The van der Waals surface area contributed by atoms with Crippen LogP contribution in [0.3, 0.4) is 0 Å². The van der Waals surface area contributed by atoms with E-state index in [0.29, 0.717) is 6.61 Å². The summed E-state index contributed by atoms with van der Waals surface area (Å²) in [5.74, 6) is -0.186. The van der Waals surface area contributed by atoms with E-state index in [4.69, 9.17) is 4.74 Å². The number of ether oxygens (including phenoxy) is 1. The highest BCUT2D eigenvalue weighted by Gasteiger charge is 2.21. The molecule has 1 aromatic carbocycles. The van der Waals surface area contributed by atoms with Crippen molar-refractivity contribution in [3.05, 3.63) is 35.9 Å². The predicted octanol–water partition coefficient (Wildman–Crippen LogP) is 4.24. The molecule has 0 saturated carbocycles. The maximum Gasteiger partial charge on any atom is 0.313 e. The first-order valence-corrected chi connectivity index (χ1v) is 8.66. The van der Waals surface area contributed by atoms with Crippen molar-refractivity contribution < 1.29 is 9.53 Å². The summed E-state index contributed by atoms with van der Waals surface area (Å²) in [6.07, 6.45) is 3.92. The second-order valence-corrected chi connectivity index (χ2v) is 5.65. The molecule has 0 spiro atoms. The molecule has 0 radical (unpaired) electrons. The van der Waals surface area contributed by atoms with E-state index in [1.165, 1.54) is 0 Å². The minimum Gasteiger partial charge on any atom is -0.465 e. The second-order valence-electron chi connectivity index (χ2n) is 5.65. The molecule has 124 valence electrons. The number of benzene rings is 1. The summed E-state index contributed by atoms with van der Waals surface area (Å²) in [5.41, 5.74) is 1.07. The predicted molar refractivity (Wildman–Crippen MR) is 92.1 cm³/mol. The van der Waals surface area contributed by atoms with Crippen LogP contribution < -0.4 is 0 Å². The van der Waals surface area contributed by atoms with Gasteiger partial charge in [0.1, 0.15) is 0 Å². The average molecular weight is 305 g/mol. The highest BCUT2D eigenvalue weighted by molar-refractivity contribution is 5.78. The number of hydrogen-bond acceptors (Lipinski definition) is 3. The van der Waals surface area contributed by atoms with Crippen molar-refractivity contribution in [3.63, 3.8) is 0 Å². The van der Waals surface area contributed by atoms with Crippen molar-refractivity contribution in [3.8, 4) is 0 Å². The molecule has 0 N–H and O–H groups in total. The Balaban J connectivity index is 2.47. The van der Waals surface area contributed by atoms with Gasteiger partial charge in [0.15, 0.2) is 0 Å². The lowest BCUT2D eigenvalue weighted by molar-refractivity contribution is -0.145. The lowest BCUT2D eigenvalue weighted by Gasteiger charge is -2.19. The Kier molecular flexibility index (Phi) is 9.56. The first-order valence-electron chi connectivity index (χ1n) is 8.66. The van der Waals surface area contributed by atoms with E-state index in [0.717, 1.165) is 50.9 Å². The number of rotatable bonds is 11. The lowest BCUT2D eigenvalue weighted by Crippen LogP contribution is -2.25.